The Labute approximate surface area is 113 Å². The second-order valence-electron chi connectivity index (χ2n) is 4.63. The van der Waals surface area contributed by atoms with Crippen molar-refractivity contribution >= 4 is 5.91 Å². The highest BCUT2D eigenvalue weighted by Crippen LogP contribution is 2.27. The molecule has 1 saturated heterocycles. The lowest BCUT2D eigenvalue weighted by Gasteiger charge is -2.29. The van der Waals surface area contributed by atoms with Gasteiger partial charge in [0.1, 0.15) is 5.69 Å². The fraction of sp³-hybridized carbons (Fsp3) is 0.636. The summed E-state index contributed by atoms with van der Waals surface area (Å²) in [6.45, 7) is 2.28. The van der Waals surface area contributed by atoms with Crippen molar-refractivity contribution in [3.05, 3.63) is 17.5 Å². The van der Waals surface area contributed by atoms with Crippen LogP contribution in [0, 0.1) is 0 Å². The van der Waals surface area contributed by atoms with E-state index in [2.05, 4.69) is 15.3 Å². The van der Waals surface area contributed by atoms with Crippen LogP contribution in [0.15, 0.2) is 6.07 Å². The van der Waals surface area contributed by atoms with Gasteiger partial charge in [-0.25, -0.2) is 0 Å². The molecule has 1 aliphatic rings. The van der Waals surface area contributed by atoms with Crippen molar-refractivity contribution in [2.24, 2.45) is 0 Å². The van der Waals surface area contributed by atoms with Gasteiger partial charge in [-0.3, -0.25) is 9.89 Å². The Hall–Kier alpha value is -1.61. The van der Waals surface area contributed by atoms with Crippen molar-refractivity contribution in [2.45, 2.75) is 12.3 Å². The molecule has 1 unspecified atom stereocenters. The Kier molecular flexibility index (Phi) is 4.29. The molecule has 20 heavy (non-hydrogen) atoms. The molecule has 2 N–H and O–H groups in total. The Bertz CT molecular complexity index is 474. The van der Waals surface area contributed by atoms with Crippen LogP contribution in [-0.2, 0) is 10.9 Å². The van der Waals surface area contributed by atoms with Crippen LogP contribution in [0.5, 0.6) is 0 Å². The van der Waals surface area contributed by atoms with E-state index < -0.39 is 17.8 Å². The number of halogens is 3. The first kappa shape index (κ1) is 14.8. The second-order valence-corrected chi connectivity index (χ2v) is 4.63. The number of nitrogens with zero attached hydrogens (tertiary/aromatic N) is 2. The molecular weight excluding hydrogens is 277 g/mol. The summed E-state index contributed by atoms with van der Waals surface area (Å²) in [5.74, 6) is -0.659. The number of likely N-dealkylation sites (N-methyl/N-ethyl adjacent to an activating group) is 1. The van der Waals surface area contributed by atoms with E-state index in [1.165, 1.54) is 0 Å². The van der Waals surface area contributed by atoms with Crippen LogP contribution in [0.4, 0.5) is 13.2 Å². The van der Waals surface area contributed by atoms with Gasteiger partial charge in [-0.2, -0.15) is 18.3 Å². The van der Waals surface area contributed by atoms with Crippen molar-refractivity contribution in [2.75, 3.05) is 33.3 Å². The first-order valence-corrected chi connectivity index (χ1v) is 6.07. The van der Waals surface area contributed by atoms with Gasteiger partial charge >= 0.3 is 6.18 Å². The standard InChI is InChI=1S/C11H15F3N4O2/c1-18-2-3-20-7(6-18)5-15-10(19)8-4-9(17-16-8)11(12,13)14/h4,7H,2-3,5-6H2,1H3,(H,15,19)(H,16,17). The molecule has 6 nitrogen and oxygen atoms in total. The quantitative estimate of drug-likeness (QED) is 0.850. The van der Waals surface area contributed by atoms with Gasteiger partial charge in [-0.1, -0.05) is 0 Å². The maximum atomic E-state index is 12.4. The molecule has 0 bridgehead atoms. The molecule has 1 amide bonds. The van der Waals surface area contributed by atoms with E-state index in [4.69, 9.17) is 4.74 Å². The van der Waals surface area contributed by atoms with E-state index in [-0.39, 0.29) is 18.3 Å². The first-order chi connectivity index (χ1) is 9.36. The molecule has 2 rings (SSSR count). The fourth-order valence-electron chi connectivity index (χ4n) is 1.87. The summed E-state index contributed by atoms with van der Waals surface area (Å²) in [5.41, 5.74) is -1.34. The van der Waals surface area contributed by atoms with Crippen molar-refractivity contribution in [1.82, 2.24) is 20.4 Å². The molecule has 1 aromatic rings. The predicted octanol–water partition coefficient (Wildman–Crippen LogP) is 0.489. The fourth-order valence-corrected chi connectivity index (χ4v) is 1.87. The number of hydrogen-bond acceptors (Lipinski definition) is 4. The monoisotopic (exact) mass is 292 g/mol. The maximum absolute atomic E-state index is 12.4. The van der Waals surface area contributed by atoms with E-state index >= 15 is 0 Å². The second kappa shape index (κ2) is 5.80. The molecule has 0 radical (unpaired) electrons. The minimum absolute atomic E-state index is 0.168. The molecular formula is C11H15F3N4O2. The van der Waals surface area contributed by atoms with Gasteiger partial charge in [0.25, 0.3) is 5.91 Å². The minimum Gasteiger partial charge on any atom is -0.374 e. The number of aromatic amines is 1. The summed E-state index contributed by atoms with van der Waals surface area (Å²) in [6.07, 6.45) is -4.71. The number of alkyl halides is 3. The summed E-state index contributed by atoms with van der Waals surface area (Å²) in [4.78, 5) is 13.7. The topological polar surface area (TPSA) is 70.2 Å². The molecule has 1 atom stereocenters. The number of nitrogens with one attached hydrogen (secondary N) is 2. The maximum Gasteiger partial charge on any atom is 0.432 e. The predicted molar refractivity (Wildman–Crippen MR) is 63.2 cm³/mol. The van der Waals surface area contributed by atoms with E-state index in [9.17, 15) is 18.0 Å². The molecule has 0 spiro atoms. The minimum atomic E-state index is -4.54. The zero-order valence-electron chi connectivity index (χ0n) is 10.8. The normalized spacial score (nSPS) is 20.9. The van der Waals surface area contributed by atoms with Crippen molar-refractivity contribution < 1.29 is 22.7 Å². The SMILES string of the molecule is CN1CCOC(CNC(=O)c2cc(C(F)(F)F)[nH]n2)C1. The van der Waals surface area contributed by atoms with Gasteiger partial charge in [0.05, 0.1) is 12.7 Å². The smallest absolute Gasteiger partial charge is 0.374 e. The average Bonchev–Trinajstić information content (AvgIpc) is 2.85. The number of amides is 1. The third-order valence-corrected chi connectivity index (χ3v) is 2.95. The molecule has 0 saturated carbocycles. The summed E-state index contributed by atoms with van der Waals surface area (Å²) < 4.78 is 42.5. The van der Waals surface area contributed by atoms with Gasteiger partial charge in [0, 0.05) is 25.7 Å². The van der Waals surface area contributed by atoms with Gasteiger partial charge in [0.15, 0.2) is 5.69 Å². The van der Waals surface area contributed by atoms with E-state index in [0.29, 0.717) is 19.2 Å². The van der Waals surface area contributed by atoms with E-state index in [1.54, 1.807) is 5.10 Å². The number of carbonyl (C=O) groups excluding carboxylic acids is 1. The molecule has 1 fully saturated rings. The van der Waals surface area contributed by atoms with Crippen LogP contribution in [0.25, 0.3) is 0 Å². The molecule has 112 valence electrons. The Morgan fingerprint density at radius 3 is 3.00 bits per heavy atom. The van der Waals surface area contributed by atoms with Crippen molar-refractivity contribution in [1.29, 1.82) is 0 Å². The molecule has 0 aromatic carbocycles. The van der Waals surface area contributed by atoms with Crippen LogP contribution in [0.2, 0.25) is 0 Å². The number of rotatable bonds is 3. The van der Waals surface area contributed by atoms with Crippen molar-refractivity contribution in [3.63, 3.8) is 0 Å². The van der Waals surface area contributed by atoms with Crippen LogP contribution < -0.4 is 5.32 Å². The van der Waals surface area contributed by atoms with Gasteiger partial charge in [-0.05, 0) is 7.05 Å². The molecule has 0 aliphatic carbocycles. The number of aromatic nitrogens is 2. The van der Waals surface area contributed by atoms with Crippen LogP contribution in [0.1, 0.15) is 16.2 Å². The summed E-state index contributed by atoms with van der Waals surface area (Å²) in [6, 6.07) is 0.684. The molecule has 1 aliphatic heterocycles. The molecule has 1 aromatic heterocycles. The molecule has 9 heteroatoms. The summed E-state index contributed by atoms with van der Waals surface area (Å²) in [5, 5.41) is 7.66. The lowest BCUT2D eigenvalue weighted by atomic mass is 10.2. The van der Waals surface area contributed by atoms with Gasteiger partial charge < -0.3 is 15.0 Å². The zero-order valence-corrected chi connectivity index (χ0v) is 10.8. The molecule has 2 heterocycles. The Balaban J connectivity index is 1.87. The van der Waals surface area contributed by atoms with Crippen LogP contribution in [-0.4, -0.2) is 60.4 Å². The first-order valence-electron chi connectivity index (χ1n) is 6.07. The number of H-pyrrole nitrogens is 1. The number of morpholine rings is 1. The average molecular weight is 292 g/mol. The van der Waals surface area contributed by atoms with Gasteiger partial charge in [-0.15, -0.1) is 0 Å². The highest BCUT2D eigenvalue weighted by atomic mass is 19.4. The largest absolute Gasteiger partial charge is 0.432 e. The summed E-state index contributed by atoms with van der Waals surface area (Å²) in [7, 11) is 1.93. The highest BCUT2D eigenvalue weighted by molar-refractivity contribution is 5.92. The van der Waals surface area contributed by atoms with Crippen LogP contribution >= 0.6 is 0 Å². The highest BCUT2D eigenvalue weighted by Gasteiger charge is 2.33. The van der Waals surface area contributed by atoms with Gasteiger partial charge in [0.2, 0.25) is 0 Å². The number of hydrogen-bond donors (Lipinski definition) is 2. The lowest BCUT2D eigenvalue weighted by molar-refractivity contribution is -0.141. The third kappa shape index (κ3) is 3.70. The zero-order chi connectivity index (χ0) is 14.8. The van der Waals surface area contributed by atoms with E-state index in [1.807, 2.05) is 7.05 Å². The number of ether oxygens (including phenoxy) is 1. The Morgan fingerprint density at radius 2 is 2.40 bits per heavy atom. The number of carbonyl (C=O) groups is 1. The van der Waals surface area contributed by atoms with Crippen molar-refractivity contribution in [3.8, 4) is 0 Å². The van der Waals surface area contributed by atoms with E-state index in [0.717, 1.165) is 6.54 Å². The third-order valence-electron chi connectivity index (χ3n) is 2.95. The lowest BCUT2D eigenvalue weighted by Crippen LogP contribution is -2.45. The Morgan fingerprint density at radius 1 is 1.65 bits per heavy atom. The van der Waals surface area contributed by atoms with Crippen LogP contribution in [0.3, 0.4) is 0 Å². The summed E-state index contributed by atoms with van der Waals surface area (Å²) >= 11 is 0.